The van der Waals surface area contributed by atoms with Crippen molar-refractivity contribution in [1.82, 2.24) is 0 Å². The molecule has 1 atom stereocenters. The minimum Gasteiger partial charge on any atom is -0.479 e. The largest absolute Gasteiger partial charge is 0.479 e. The van der Waals surface area contributed by atoms with E-state index in [1.54, 1.807) is 0 Å². The van der Waals surface area contributed by atoms with Gasteiger partial charge in [0, 0.05) is 6.61 Å². The highest BCUT2D eigenvalue weighted by molar-refractivity contribution is 5.72. The van der Waals surface area contributed by atoms with Crippen LogP contribution in [0.5, 0.6) is 0 Å². The molecule has 0 saturated carbocycles. The van der Waals surface area contributed by atoms with Gasteiger partial charge in [0.15, 0.2) is 6.10 Å². The van der Waals surface area contributed by atoms with Gasteiger partial charge in [0.2, 0.25) is 0 Å². The van der Waals surface area contributed by atoms with Crippen LogP contribution in [0.15, 0.2) is 0 Å². The van der Waals surface area contributed by atoms with E-state index in [0.717, 1.165) is 12.8 Å². The van der Waals surface area contributed by atoms with Gasteiger partial charge in [-0.15, -0.1) is 0 Å². The number of aliphatic carboxylic acids is 1. The third-order valence-electron chi connectivity index (χ3n) is 3.46. The fourth-order valence-corrected chi connectivity index (χ4v) is 2.30. The van der Waals surface area contributed by atoms with E-state index in [2.05, 4.69) is 6.92 Å². The van der Waals surface area contributed by atoms with Gasteiger partial charge in [0.1, 0.15) is 0 Å². The van der Waals surface area contributed by atoms with Gasteiger partial charge in [0.25, 0.3) is 0 Å². The first kappa shape index (κ1) is 18.4. The van der Waals surface area contributed by atoms with Gasteiger partial charge in [-0.3, -0.25) is 0 Å². The van der Waals surface area contributed by atoms with Crippen LogP contribution in [0.25, 0.3) is 0 Å². The van der Waals surface area contributed by atoms with Crippen LogP contribution in [0.2, 0.25) is 0 Å². The molecule has 19 heavy (non-hydrogen) atoms. The maximum Gasteiger partial charge on any atom is 0.332 e. The van der Waals surface area contributed by atoms with Crippen molar-refractivity contribution in [3.8, 4) is 0 Å². The molecule has 0 heterocycles. The number of carboxylic acids is 1. The fraction of sp³-hybridized carbons (Fsp3) is 0.938. The van der Waals surface area contributed by atoms with E-state index in [4.69, 9.17) is 9.84 Å². The van der Waals surface area contributed by atoms with Crippen molar-refractivity contribution in [1.29, 1.82) is 0 Å². The Morgan fingerprint density at radius 2 is 1.37 bits per heavy atom. The van der Waals surface area contributed by atoms with Crippen LogP contribution in [0.1, 0.15) is 84.5 Å². The van der Waals surface area contributed by atoms with Gasteiger partial charge < -0.3 is 9.84 Å². The maximum atomic E-state index is 10.9. The summed E-state index contributed by atoms with van der Waals surface area (Å²) in [7, 11) is 0. The van der Waals surface area contributed by atoms with E-state index in [9.17, 15) is 4.79 Å². The smallest absolute Gasteiger partial charge is 0.332 e. The zero-order chi connectivity index (χ0) is 14.3. The van der Waals surface area contributed by atoms with Gasteiger partial charge in [-0.2, -0.15) is 0 Å². The monoisotopic (exact) mass is 272 g/mol. The Morgan fingerprint density at radius 1 is 0.895 bits per heavy atom. The first-order valence-corrected chi connectivity index (χ1v) is 8.06. The number of rotatable bonds is 14. The Kier molecular flexibility index (Phi) is 13.4. The predicted octanol–water partition coefficient (Wildman–Crippen LogP) is 4.79. The van der Waals surface area contributed by atoms with Crippen LogP contribution in [0, 0.1) is 0 Å². The van der Waals surface area contributed by atoms with Crippen LogP contribution in [0.4, 0.5) is 0 Å². The minimum atomic E-state index is -0.822. The molecular weight excluding hydrogens is 240 g/mol. The van der Waals surface area contributed by atoms with Crippen LogP contribution in [-0.2, 0) is 9.53 Å². The third-order valence-corrected chi connectivity index (χ3v) is 3.46. The van der Waals surface area contributed by atoms with E-state index in [1.807, 2.05) is 6.92 Å². The second-order valence-electron chi connectivity index (χ2n) is 5.25. The summed E-state index contributed by atoms with van der Waals surface area (Å²) >= 11 is 0. The lowest BCUT2D eigenvalue weighted by molar-refractivity contribution is -0.150. The van der Waals surface area contributed by atoms with Crippen LogP contribution in [-0.4, -0.2) is 23.8 Å². The van der Waals surface area contributed by atoms with Crippen molar-refractivity contribution in [2.24, 2.45) is 0 Å². The molecule has 0 aliphatic rings. The molecular formula is C16H32O3. The molecule has 0 aliphatic carbocycles. The first-order valence-electron chi connectivity index (χ1n) is 8.06. The van der Waals surface area contributed by atoms with E-state index >= 15 is 0 Å². The highest BCUT2D eigenvalue weighted by Gasteiger charge is 2.16. The topological polar surface area (TPSA) is 46.5 Å². The fourth-order valence-electron chi connectivity index (χ4n) is 2.30. The van der Waals surface area contributed by atoms with E-state index in [1.165, 1.54) is 51.4 Å². The normalized spacial score (nSPS) is 12.5. The minimum absolute atomic E-state index is 0.481. The predicted molar refractivity (Wildman–Crippen MR) is 79.5 cm³/mol. The van der Waals surface area contributed by atoms with E-state index in [0.29, 0.717) is 13.0 Å². The Hall–Kier alpha value is -0.570. The Bertz CT molecular complexity index is 204. The quantitative estimate of drug-likeness (QED) is 0.463. The van der Waals surface area contributed by atoms with Crippen molar-refractivity contribution in [2.75, 3.05) is 6.61 Å². The van der Waals surface area contributed by atoms with Crippen molar-refractivity contribution >= 4 is 5.97 Å². The molecule has 1 N–H and O–H groups in total. The molecule has 1 unspecified atom stereocenters. The summed E-state index contributed by atoms with van der Waals surface area (Å²) in [6, 6.07) is 0. The summed E-state index contributed by atoms with van der Waals surface area (Å²) < 4.78 is 5.19. The standard InChI is InChI=1S/C16H32O3/c1-3-5-6-7-8-9-10-11-12-13-14-15(16(17)18)19-4-2/h15H,3-14H2,1-2H3,(H,17,18). The van der Waals surface area contributed by atoms with Gasteiger partial charge >= 0.3 is 5.97 Å². The molecule has 0 saturated heterocycles. The van der Waals surface area contributed by atoms with Gasteiger partial charge in [-0.05, 0) is 13.3 Å². The van der Waals surface area contributed by atoms with Crippen molar-refractivity contribution in [2.45, 2.75) is 90.6 Å². The number of carbonyl (C=O) groups is 1. The van der Waals surface area contributed by atoms with Crippen LogP contribution < -0.4 is 0 Å². The Balaban J connectivity index is 3.27. The van der Waals surface area contributed by atoms with Crippen molar-refractivity contribution in [3.05, 3.63) is 0 Å². The number of carboxylic acid groups (broad SMARTS) is 1. The number of unbranched alkanes of at least 4 members (excludes halogenated alkanes) is 9. The molecule has 0 bridgehead atoms. The number of hydrogen-bond donors (Lipinski definition) is 1. The number of ether oxygens (including phenoxy) is 1. The van der Waals surface area contributed by atoms with Crippen LogP contribution >= 0.6 is 0 Å². The van der Waals surface area contributed by atoms with Crippen molar-refractivity contribution in [3.63, 3.8) is 0 Å². The summed E-state index contributed by atoms with van der Waals surface area (Å²) in [6.07, 6.45) is 12.8. The lowest BCUT2D eigenvalue weighted by Crippen LogP contribution is -2.23. The van der Waals surface area contributed by atoms with Gasteiger partial charge in [0.05, 0.1) is 0 Å². The summed E-state index contributed by atoms with van der Waals surface area (Å²) in [5.41, 5.74) is 0. The zero-order valence-corrected chi connectivity index (χ0v) is 12.8. The molecule has 0 aromatic rings. The lowest BCUT2D eigenvalue weighted by Gasteiger charge is -2.11. The molecule has 114 valence electrons. The van der Waals surface area contributed by atoms with E-state index < -0.39 is 12.1 Å². The molecule has 0 amide bonds. The highest BCUT2D eigenvalue weighted by Crippen LogP contribution is 2.13. The summed E-state index contributed by atoms with van der Waals surface area (Å²) in [4.78, 5) is 10.9. The van der Waals surface area contributed by atoms with Gasteiger partial charge in [-0.1, -0.05) is 71.1 Å². The molecule has 0 rings (SSSR count). The maximum absolute atomic E-state index is 10.9. The SMILES string of the molecule is CCCCCCCCCCCCC(OCC)C(=O)O. The van der Waals surface area contributed by atoms with Gasteiger partial charge in [-0.25, -0.2) is 4.79 Å². The molecule has 3 nitrogen and oxygen atoms in total. The van der Waals surface area contributed by atoms with Crippen molar-refractivity contribution < 1.29 is 14.6 Å². The summed E-state index contributed by atoms with van der Waals surface area (Å²) in [5.74, 6) is -0.822. The molecule has 0 fully saturated rings. The molecule has 3 heteroatoms. The van der Waals surface area contributed by atoms with E-state index in [-0.39, 0.29) is 0 Å². The second-order valence-corrected chi connectivity index (χ2v) is 5.25. The summed E-state index contributed by atoms with van der Waals surface area (Å²) in [6.45, 7) is 4.57. The molecule has 0 spiro atoms. The average molecular weight is 272 g/mol. The lowest BCUT2D eigenvalue weighted by atomic mass is 10.0. The Morgan fingerprint density at radius 3 is 1.79 bits per heavy atom. The molecule has 0 aromatic heterocycles. The number of hydrogen-bond acceptors (Lipinski definition) is 2. The zero-order valence-electron chi connectivity index (χ0n) is 12.8. The molecule has 0 aromatic carbocycles. The van der Waals surface area contributed by atoms with Crippen LogP contribution in [0.3, 0.4) is 0 Å². The first-order chi connectivity index (χ1) is 9.22. The Labute approximate surface area is 118 Å². The molecule has 0 radical (unpaired) electrons. The highest BCUT2D eigenvalue weighted by atomic mass is 16.5. The second kappa shape index (κ2) is 13.9. The third kappa shape index (κ3) is 12.2. The summed E-state index contributed by atoms with van der Waals surface area (Å²) in [5, 5.41) is 8.92. The average Bonchev–Trinajstić information content (AvgIpc) is 2.39. The molecule has 0 aliphatic heterocycles.